The quantitative estimate of drug-likeness (QED) is 0.367. The highest BCUT2D eigenvalue weighted by molar-refractivity contribution is 5.77. The number of hydrogen-bond acceptors (Lipinski definition) is 2. The standard InChI is InChI=1S/C20H33NO2/c1-2-3-4-5-6-7-8-9-10-11-12-13-14-15-16-17-20(23)21-18-19-22/h6-7,9-10,12-13,15-16,22H,2-5,8,11,14,17-19H2,1H3,(H,21,23)/b7-6-,10-9-,13-12-,16-15-. The van der Waals surface area contributed by atoms with Crippen LogP contribution in [0.2, 0.25) is 0 Å². The van der Waals surface area contributed by atoms with Gasteiger partial charge in [-0.2, -0.15) is 0 Å². The molecule has 0 atom stereocenters. The molecule has 2 N–H and O–H groups in total. The Balaban J connectivity index is 3.49. The van der Waals surface area contributed by atoms with E-state index in [0.29, 0.717) is 13.0 Å². The predicted octanol–water partition coefficient (Wildman–Crippen LogP) is 4.46. The smallest absolute Gasteiger partial charge is 0.223 e. The number of allylic oxidation sites excluding steroid dienone is 7. The molecule has 0 aromatic rings. The van der Waals surface area contributed by atoms with E-state index >= 15 is 0 Å². The van der Waals surface area contributed by atoms with Crippen LogP contribution in [0.3, 0.4) is 0 Å². The number of unbranched alkanes of at least 4 members (excludes halogenated alkanes) is 3. The highest BCUT2D eigenvalue weighted by Crippen LogP contribution is 2.00. The van der Waals surface area contributed by atoms with Crippen LogP contribution in [0.5, 0.6) is 0 Å². The first-order valence-corrected chi connectivity index (χ1v) is 8.78. The highest BCUT2D eigenvalue weighted by atomic mass is 16.3. The SMILES string of the molecule is CCCCC/C=C\C/C=C\C/C=C\C/C=C\CC(=O)NCCO. The van der Waals surface area contributed by atoms with Crippen LogP contribution in [0, 0.1) is 0 Å². The minimum Gasteiger partial charge on any atom is -0.395 e. The molecule has 23 heavy (non-hydrogen) atoms. The van der Waals surface area contributed by atoms with Crippen molar-refractivity contribution in [1.82, 2.24) is 5.32 Å². The van der Waals surface area contributed by atoms with Gasteiger partial charge in [-0.25, -0.2) is 0 Å². The minimum absolute atomic E-state index is 0.0135. The third-order valence-corrected chi connectivity index (χ3v) is 3.19. The van der Waals surface area contributed by atoms with E-state index in [2.05, 4.69) is 48.7 Å². The number of hydrogen-bond donors (Lipinski definition) is 2. The largest absolute Gasteiger partial charge is 0.395 e. The monoisotopic (exact) mass is 319 g/mol. The fourth-order valence-electron chi connectivity index (χ4n) is 1.90. The van der Waals surface area contributed by atoms with Crippen LogP contribution in [0.1, 0.15) is 58.3 Å². The summed E-state index contributed by atoms with van der Waals surface area (Å²) in [5, 5.41) is 11.2. The van der Waals surface area contributed by atoms with Crippen molar-refractivity contribution in [2.45, 2.75) is 58.3 Å². The van der Waals surface area contributed by atoms with Gasteiger partial charge in [0.25, 0.3) is 0 Å². The Kier molecular flexibility index (Phi) is 17.1. The highest BCUT2D eigenvalue weighted by Gasteiger charge is 1.94. The minimum atomic E-state index is -0.0510. The van der Waals surface area contributed by atoms with Crippen molar-refractivity contribution in [3.8, 4) is 0 Å². The van der Waals surface area contributed by atoms with Crippen molar-refractivity contribution >= 4 is 5.91 Å². The molecule has 0 radical (unpaired) electrons. The maximum Gasteiger partial charge on any atom is 0.223 e. The van der Waals surface area contributed by atoms with Crippen LogP contribution in [0.25, 0.3) is 0 Å². The first-order chi connectivity index (χ1) is 11.3. The summed E-state index contributed by atoms with van der Waals surface area (Å²) in [6.45, 7) is 2.54. The summed E-state index contributed by atoms with van der Waals surface area (Å²) < 4.78 is 0. The lowest BCUT2D eigenvalue weighted by Crippen LogP contribution is -2.25. The zero-order valence-electron chi connectivity index (χ0n) is 14.5. The van der Waals surface area contributed by atoms with Crippen LogP contribution in [-0.4, -0.2) is 24.2 Å². The van der Waals surface area contributed by atoms with Gasteiger partial charge in [-0.1, -0.05) is 68.4 Å². The number of nitrogens with one attached hydrogen (secondary N) is 1. The summed E-state index contributed by atoms with van der Waals surface area (Å²) in [7, 11) is 0. The number of carbonyl (C=O) groups excluding carboxylic acids is 1. The predicted molar refractivity (Wildman–Crippen MR) is 99.3 cm³/mol. The topological polar surface area (TPSA) is 49.3 Å². The average Bonchev–Trinajstić information content (AvgIpc) is 2.56. The van der Waals surface area contributed by atoms with Crippen molar-refractivity contribution in [1.29, 1.82) is 0 Å². The van der Waals surface area contributed by atoms with Crippen molar-refractivity contribution in [3.05, 3.63) is 48.6 Å². The molecule has 0 fully saturated rings. The van der Waals surface area contributed by atoms with Gasteiger partial charge in [0.15, 0.2) is 0 Å². The number of rotatable bonds is 14. The molecule has 0 saturated carbocycles. The molecule has 0 aliphatic heterocycles. The molecule has 0 aromatic heterocycles. The van der Waals surface area contributed by atoms with Gasteiger partial charge >= 0.3 is 0 Å². The summed E-state index contributed by atoms with van der Waals surface area (Å²) in [6, 6.07) is 0. The van der Waals surface area contributed by atoms with Crippen molar-refractivity contribution in [2.75, 3.05) is 13.2 Å². The second-order valence-corrected chi connectivity index (χ2v) is 5.37. The molecule has 3 heteroatoms. The molecule has 130 valence electrons. The lowest BCUT2D eigenvalue weighted by molar-refractivity contribution is -0.120. The maximum atomic E-state index is 11.2. The second-order valence-electron chi connectivity index (χ2n) is 5.37. The maximum absolute atomic E-state index is 11.2. The van der Waals surface area contributed by atoms with E-state index < -0.39 is 0 Å². The molecule has 0 aromatic carbocycles. The summed E-state index contributed by atoms with van der Waals surface area (Å²) in [5.41, 5.74) is 0. The second kappa shape index (κ2) is 18.4. The summed E-state index contributed by atoms with van der Waals surface area (Å²) in [4.78, 5) is 11.2. The van der Waals surface area contributed by atoms with Crippen LogP contribution in [0.15, 0.2) is 48.6 Å². The van der Waals surface area contributed by atoms with Gasteiger partial charge in [-0.3, -0.25) is 4.79 Å². The third-order valence-electron chi connectivity index (χ3n) is 3.19. The van der Waals surface area contributed by atoms with Gasteiger partial charge < -0.3 is 10.4 Å². The normalized spacial score (nSPS) is 12.3. The average molecular weight is 319 g/mol. The van der Waals surface area contributed by atoms with Crippen molar-refractivity contribution in [3.63, 3.8) is 0 Å². The Bertz CT molecular complexity index is 381. The summed E-state index contributed by atoms with van der Waals surface area (Å²) in [5.74, 6) is -0.0510. The van der Waals surface area contributed by atoms with E-state index in [-0.39, 0.29) is 12.5 Å². The van der Waals surface area contributed by atoms with E-state index in [0.717, 1.165) is 19.3 Å². The van der Waals surface area contributed by atoms with Crippen LogP contribution < -0.4 is 5.32 Å². The van der Waals surface area contributed by atoms with Crippen LogP contribution in [0.4, 0.5) is 0 Å². The van der Waals surface area contributed by atoms with Gasteiger partial charge in [-0.05, 0) is 32.1 Å². The van der Waals surface area contributed by atoms with E-state index in [9.17, 15) is 4.79 Å². The molecule has 0 bridgehead atoms. The molecule has 0 heterocycles. The molecule has 0 aliphatic rings. The molecule has 0 unspecified atom stereocenters. The van der Waals surface area contributed by atoms with Gasteiger partial charge in [0.05, 0.1) is 6.61 Å². The lowest BCUT2D eigenvalue weighted by atomic mass is 10.2. The Morgan fingerprint density at radius 3 is 2.00 bits per heavy atom. The van der Waals surface area contributed by atoms with Crippen molar-refractivity contribution in [2.24, 2.45) is 0 Å². The molecular weight excluding hydrogens is 286 g/mol. The van der Waals surface area contributed by atoms with E-state index in [1.165, 1.54) is 25.7 Å². The summed E-state index contributed by atoms with van der Waals surface area (Å²) in [6.07, 6.45) is 25.3. The molecular formula is C20H33NO2. The molecule has 0 spiro atoms. The number of aliphatic hydroxyl groups is 1. The van der Waals surface area contributed by atoms with Gasteiger partial charge in [0, 0.05) is 13.0 Å². The summed E-state index contributed by atoms with van der Waals surface area (Å²) >= 11 is 0. The number of aliphatic hydroxyl groups excluding tert-OH is 1. The Morgan fingerprint density at radius 1 is 0.870 bits per heavy atom. The first-order valence-electron chi connectivity index (χ1n) is 8.78. The van der Waals surface area contributed by atoms with Gasteiger partial charge in [0.1, 0.15) is 0 Å². The number of amides is 1. The molecule has 0 saturated heterocycles. The molecule has 0 rings (SSSR count). The Morgan fingerprint density at radius 2 is 1.43 bits per heavy atom. The third kappa shape index (κ3) is 18.3. The fraction of sp³-hybridized carbons (Fsp3) is 0.550. The zero-order chi connectivity index (χ0) is 17.0. The van der Waals surface area contributed by atoms with E-state index in [1.54, 1.807) is 0 Å². The molecule has 1 amide bonds. The van der Waals surface area contributed by atoms with E-state index in [4.69, 9.17) is 5.11 Å². The first kappa shape index (κ1) is 21.4. The van der Waals surface area contributed by atoms with Gasteiger partial charge in [-0.15, -0.1) is 0 Å². The Labute approximate surface area is 141 Å². The molecule has 0 aliphatic carbocycles. The Hall–Kier alpha value is -1.61. The van der Waals surface area contributed by atoms with Crippen LogP contribution >= 0.6 is 0 Å². The zero-order valence-corrected chi connectivity index (χ0v) is 14.5. The fourth-order valence-corrected chi connectivity index (χ4v) is 1.90. The molecule has 3 nitrogen and oxygen atoms in total. The number of carbonyl (C=O) groups is 1. The van der Waals surface area contributed by atoms with Crippen molar-refractivity contribution < 1.29 is 9.90 Å². The van der Waals surface area contributed by atoms with Crippen LogP contribution in [-0.2, 0) is 4.79 Å². The van der Waals surface area contributed by atoms with Gasteiger partial charge in [0.2, 0.25) is 5.91 Å². The van der Waals surface area contributed by atoms with E-state index in [1.807, 2.05) is 12.2 Å². The lowest BCUT2D eigenvalue weighted by Gasteiger charge is -1.98.